The van der Waals surface area contributed by atoms with Gasteiger partial charge in [0.25, 0.3) is 11.6 Å². The normalized spacial score (nSPS) is 15.4. The Morgan fingerprint density at radius 2 is 0.625 bits per heavy atom. The van der Waals surface area contributed by atoms with E-state index in [9.17, 15) is 62.3 Å². The van der Waals surface area contributed by atoms with E-state index in [2.05, 4.69) is 0 Å². The van der Waals surface area contributed by atoms with Crippen LogP contribution in [0.15, 0.2) is 0 Å². The molecule has 0 aliphatic carbocycles. The summed E-state index contributed by atoms with van der Waals surface area (Å²) < 4.78 is 149. The lowest BCUT2D eigenvalue weighted by molar-refractivity contribution is -0.329. The average molecular weight is 390 g/mol. The molecule has 0 rings (SSSR count). The predicted octanol–water partition coefficient (Wildman–Crippen LogP) is 1.84. The zero-order chi connectivity index (χ0) is 20.2. The first kappa shape index (κ1) is 22.4. The lowest BCUT2D eigenvalue weighted by atomic mass is 9.95. The first-order valence-corrected chi connectivity index (χ1v) is 4.87. The van der Waals surface area contributed by atoms with Crippen LogP contribution in [-0.4, -0.2) is 57.7 Å². The fourth-order valence-electron chi connectivity index (χ4n) is 0.953. The third-order valence-corrected chi connectivity index (χ3v) is 2.29. The molecule has 0 fully saturated rings. The Kier molecular flexibility index (Phi) is 5.11. The molecule has 24 heavy (non-hydrogen) atoms. The maximum absolute atomic E-state index is 12.9. The minimum Gasteiger partial charge on any atom is -0.331 e. The SMILES string of the molecule is O=C(C(F)(F)C(O)(F)F)C(F)(F)C(F)(F)C(=O)C(F)(F)C(O)(F)F. The molecular formula is C8H2F12O4. The Hall–Kier alpha value is -1.58. The molecule has 0 amide bonds. The van der Waals surface area contributed by atoms with Gasteiger partial charge in [0.2, 0.25) is 0 Å². The summed E-state index contributed by atoms with van der Waals surface area (Å²) >= 11 is 0. The van der Waals surface area contributed by atoms with E-state index >= 15 is 0 Å². The van der Waals surface area contributed by atoms with Crippen LogP contribution in [0.3, 0.4) is 0 Å². The Morgan fingerprint density at radius 3 is 0.750 bits per heavy atom. The summed E-state index contributed by atoms with van der Waals surface area (Å²) in [6.45, 7) is 0. The van der Waals surface area contributed by atoms with Gasteiger partial charge in [-0.2, -0.15) is 52.7 Å². The minimum atomic E-state index is -7.39. The molecule has 0 aromatic carbocycles. The van der Waals surface area contributed by atoms with E-state index in [-0.39, 0.29) is 0 Å². The Morgan fingerprint density at radius 1 is 0.458 bits per heavy atom. The first-order valence-electron chi connectivity index (χ1n) is 4.87. The van der Waals surface area contributed by atoms with Crippen molar-refractivity contribution in [1.82, 2.24) is 0 Å². The first-order chi connectivity index (χ1) is 10.1. The van der Waals surface area contributed by atoms with E-state index in [4.69, 9.17) is 10.2 Å². The molecule has 0 aliphatic rings. The molecule has 0 aliphatic heterocycles. The highest BCUT2D eigenvalue weighted by Gasteiger charge is 2.81. The van der Waals surface area contributed by atoms with Crippen LogP contribution in [0.1, 0.15) is 0 Å². The van der Waals surface area contributed by atoms with E-state index in [0.717, 1.165) is 0 Å². The molecule has 16 heteroatoms. The molecule has 0 bridgehead atoms. The molecule has 142 valence electrons. The minimum absolute atomic E-state index is 4.92. The molecule has 0 saturated heterocycles. The van der Waals surface area contributed by atoms with Gasteiger partial charge in [-0.3, -0.25) is 9.59 Å². The lowest BCUT2D eigenvalue weighted by Gasteiger charge is -2.31. The lowest BCUT2D eigenvalue weighted by Crippen LogP contribution is -2.65. The van der Waals surface area contributed by atoms with Gasteiger partial charge in [0.05, 0.1) is 0 Å². The largest absolute Gasteiger partial charge is 0.424 e. The fourth-order valence-corrected chi connectivity index (χ4v) is 0.953. The number of Topliss-reactive ketones (excluding diaryl/α,β-unsaturated/α-hetero) is 2. The highest BCUT2D eigenvalue weighted by atomic mass is 19.3. The maximum Gasteiger partial charge on any atom is 0.424 e. The van der Waals surface area contributed by atoms with Gasteiger partial charge >= 0.3 is 35.9 Å². The summed E-state index contributed by atoms with van der Waals surface area (Å²) in [4.78, 5) is 20.8. The van der Waals surface area contributed by atoms with Crippen molar-refractivity contribution in [2.24, 2.45) is 0 Å². The van der Waals surface area contributed by atoms with E-state index in [1.54, 1.807) is 0 Å². The number of hydrogen-bond donors (Lipinski definition) is 2. The molecule has 2 N–H and O–H groups in total. The highest BCUT2D eigenvalue weighted by molar-refractivity contribution is 6.03. The Balaban J connectivity index is 6.12. The third kappa shape index (κ3) is 3.15. The molecule has 0 saturated carbocycles. The summed E-state index contributed by atoms with van der Waals surface area (Å²) in [7, 11) is 0. The maximum atomic E-state index is 12.9. The van der Waals surface area contributed by atoms with Crippen molar-refractivity contribution in [3.05, 3.63) is 0 Å². The Bertz CT molecular complexity index is 480. The van der Waals surface area contributed by atoms with Crippen molar-refractivity contribution in [1.29, 1.82) is 0 Å². The zero-order valence-corrected chi connectivity index (χ0v) is 10.2. The van der Waals surface area contributed by atoms with Crippen molar-refractivity contribution in [2.45, 2.75) is 35.9 Å². The highest BCUT2D eigenvalue weighted by Crippen LogP contribution is 2.47. The monoisotopic (exact) mass is 390 g/mol. The second kappa shape index (κ2) is 5.47. The van der Waals surface area contributed by atoms with Crippen LogP contribution in [-0.2, 0) is 9.59 Å². The van der Waals surface area contributed by atoms with Crippen molar-refractivity contribution in [3.63, 3.8) is 0 Å². The van der Waals surface area contributed by atoms with Crippen molar-refractivity contribution >= 4 is 11.6 Å². The molecular weight excluding hydrogens is 388 g/mol. The van der Waals surface area contributed by atoms with Crippen LogP contribution in [0.5, 0.6) is 0 Å². The number of hydrogen-bond acceptors (Lipinski definition) is 4. The van der Waals surface area contributed by atoms with Crippen molar-refractivity contribution in [2.75, 3.05) is 0 Å². The number of carbonyl (C=O) groups excluding carboxylic acids is 2. The van der Waals surface area contributed by atoms with Crippen molar-refractivity contribution in [3.8, 4) is 0 Å². The van der Waals surface area contributed by atoms with Gasteiger partial charge < -0.3 is 10.2 Å². The van der Waals surface area contributed by atoms with Crippen LogP contribution >= 0.6 is 0 Å². The van der Waals surface area contributed by atoms with Crippen LogP contribution in [0.25, 0.3) is 0 Å². The van der Waals surface area contributed by atoms with Gasteiger partial charge in [-0.05, 0) is 0 Å². The van der Waals surface area contributed by atoms with Gasteiger partial charge in [-0.1, -0.05) is 0 Å². The summed E-state index contributed by atoms with van der Waals surface area (Å²) in [5.74, 6) is -38.7. The third-order valence-electron chi connectivity index (χ3n) is 2.29. The molecule has 0 unspecified atom stereocenters. The smallest absolute Gasteiger partial charge is 0.331 e. The molecule has 0 atom stereocenters. The summed E-state index contributed by atoms with van der Waals surface area (Å²) in [6, 6.07) is 0. The Labute approximate surface area is 121 Å². The number of carbonyl (C=O) groups is 2. The molecule has 0 radical (unpaired) electrons. The van der Waals surface area contributed by atoms with Gasteiger partial charge in [0.1, 0.15) is 0 Å². The summed E-state index contributed by atoms with van der Waals surface area (Å²) in [6.07, 6.45) is -13.4. The topological polar surface area (TPSA) is 74.6 Å². The van der Waals surface area contributed by atoms with E-state index < -0.39 is 47.5 Å². The zero-order valence-electron chi connectivity index (χ0n) is 10.2. The number of rotatable bonds is 7. The van der Waals surface area contributed by atoms with E-state index in [1.807, 2.05) is 0 Å². The average Bonchev–Trinajstić information content (AvgIpc) is 2.33. The number of ketones is 2. The van der Waals surface area contributed by atoms with Crippen LogP contribution < -0.4 is 0 Å². The number of aliphatic hydroxyl groups is 2. The fraction of sp³-hybridized carbons (Fsp3) is 0.750. The predicted molar refractivity (Wildman–Crippen MR) is 44.1 cm³/mol. The summed E-state index contributed by atoms with van der Waals surface area (Å²) in [5.41, 5.74) is 0. The van der Waals surface area contributed by atoms with Crippen molar-refractivity contribution < 1.29 is 72.5 Å². The second-order valence-corrected chi connectivity index (χ2v) is 4.04. The molecule has 4 nitrogen and oxygen atoms in total. The van der Waals surface area contributed by atoms with E-state index in [1.165, 1.54) is 0 Å². The molecule has 0 aromatic heterocycles. The van der Waals surface area contributed by atoms with Crippen LogP contribution in [0.2, 0.25) is 0 Å². The standard InChI is InChI=1S/C8H2F12O4/c9-3(10,1(21)5(13,14)7(17,18)23)4(11,12)2(22)6(15,16)8(19,20)24/h23-24H. The van der Waals surface area contributed by atoms with Crippen LogP contribution in [0.4, 0.5) is 52.7 Å². The van der Waals surface area contributed by atoms with E-state index in [0.29, 0.717) is 0 Å². The molecule has 0 spiro atoms. The van der Waals surface area contributed by atoms with Gasteiger partial charge in [-0.25, -0.2) is 0 Å². The number of halogens is 12. The second-order valence-electron chi connectivity index (χ2n) is 4.04. The van der Waals surface area contributed by atoms with Gasteiger partial charge in [0.15, 0.2) is 0 Å². The molecule has 0 aromatic rings. The quantitative estimate of drug-likeness (QED) is 0.651. The molecule has 0 heterocycles. The van der Waals surface area contributed by atoms with Gasteiger partial charge in [0, 0.05) is 0 Å². The van der Waals surface area contributed by atoms with Gasteiger partial charge in [-0.15, -0.1) is 0 Å². The summed E-state index contributed by atoms with van der Waals surface area (Å²) in [5, 5.41) is 15.0. The van der Waals surface area contributed by atoms with Crippen LogP contribution in [0, 0.1) is 0 Å². The number of alkyl halides is 12.